The molecule has 0 saturated carbocycles. The van der Waals surface area contributed by atoms with E-state index in [0.29, 0.717) is 11.5 Å². The lowest BCUT2D eigenvalue weighted by atomic mass is 9.96. The summed E-state index contributed by atoms with van der Waals surface area (Å²) in [7, 11) is 0. The Labute approximate surface area is 97.4 Å². The van der Waals surface area contributed by atoms with Crippen LogP contribution in [0.4, 0.5) is 5.82 Å². The fourth-order valence-corrected chi connectivity index (χ4v) is 2.32. The molecule has 1 aliphatic heterocycles. The molecule has 2 rings (SSSR count). The monoisotopic (exact) mass is 222 g/mol. The zero-order valence-electron chi connectivity index (χ0n) is 10.5. The van der Waals surface area contributed by atoms with Crippen LogP contribution in [0.1, 0.15) is 27.2 Å². The summed E-state index contributed by atoms with van der Waals surface area (Å²) >= 11 is 0. The first-order valence-corrected chi connectivity index (χ1v) is 6.00. The van der Waals surface area contributed by atoms with Gasteiger partial charge in [0, 0.05) is 25.7 Å². The molecular formula is C12H22N4. The molecular weight excluding hydrogens is 200 g/mol. The van der Waals surface area contributed by atoms with Gasteiger partial charge in [-0.2, -0.15) is 0 Å². The van der Waals surface area contributed by atoms with Gasteiger partial charge in [0.2, 0.25) is 0 Å². The SMILES string of the molecule is CC(C)(C)CN1CCC(Nc2cnc[nH]2)C1. The summed E-state index contributed by atoms with van der Waals surface area (Å²) in [5.41, 5.74) is 0.392. The van der Waals surface area contributed by atoms with Crippen LogP contribution in [0.5, 0.6) is 0 Å². The second-order valence-electron chi connectivity index (χ2n) is 5.89. The third-order valence-electron chi connectivity index (χ3n) is 2.83. The smallest absolute Gasteiger partial charge is 0.123 e. The van der Waals surface area contributed by atoms with Gasteiger partial charge in [-0.3, -0.25) is 0 Å². The van der Waals surface area contributed by atoms with Gasteiger partial charge in [-0.05, 0) is 11.8 Å². The highest BCUT2D eigenvalue weighted by Gasteiger charge is 2.25. The molecule has 4 nitrogen and oxygen atoms in total. The molecule has 4 heteroatoms. The van der Waals surface area contributed by atoms with E-state index in [1.807, 2.05) is 6.20 Å². The molecule has 1 atom stereocenters. The van der Waals surface area contributed by atoms with Crippen molar-refractivity contribution in [2.75, 3.05) is 25.0 Å². The minimum absolute atomic E-state index is 0.392. The van der Waals surface area contributed by atoms with Gasteiger partial charge in [0.15, 0.2) is 0 Å². The van der Waals surface area contributed by atoms with E-state index < -0.39 is 0 Å². The summed E-state index contributed by atoms with van der Waals surface area (Å²) in [5, 5.41) is 3.48. The standard InChI is InChI=1S/C12H22N4/c1-12(2,3)8-16-5-4-10(7-16)15-11-6-13-9-14-11/h6,9-10,15H,4-5,7-8H2,1-3H3,(H,13,14). The van der Waals surface area contributed by atoms with Gasteiger partial charge in [-0.25, -0.2) is 4.98 Å². The number of hydrogen-bond donors (Lipinski definition) is 2. The summed E-state index contributed by atoms with van der Waals surface area (Å²) in [6.45, 7) is 10.4. The van der Waals surface area contributed by atoms with Crippen molar-refractivity contribution >= 4 is 5.82 Å². The zero-order chi connectivity index (χ0) is 11.6. The number of H-pyrrole nitrogens is 1. The van der Waals surface area contributed by atoms with Crippen LogP contribution in [0.3, 0.4) is 0 Å². The second kappa shape index (κ2) is 4.45. The molecule has 0 spiro atoms. The maximum absolute atomic E-state index is 4.01. The summed E-state index contributed by atoms with van der Waals surface area (Å²) in [6.07, 6.45) is 4.77. The first-order valence-electron chi connectivity index (χ1n) is 6.00. The van der Waals surface area contributed by atoms with Crippen LogP contribution < -0.4 is 5.32 Å². The number of anilines is 1. The first kappa shape index (κ1) is 11.5. The molecule has 90 valence electrons. The lowest BCUT2D eigenvalue weighted by Crippen LogP contribution is -2.33. The van der Waals surface area contributed by atoms with Crippen LogP contribution >= 0.6 is 0 Å². The normalized spacial score (nSPS) is 22.6. The van der Waals surface area contributed by atoms with Crippen LogP contribution in [0, 0.1) is 5.41 Å². The van der Waals surface area contributed by atoms with Crippen molar-refractivity contribution in [2.45, 2.75) is 33.2 Å². The molecule has 1 aliphatic rings. The molecule has 2 N–H and O–H groups in total. The van der Waals surface area contributed by atoms with E-state index >= 15 is 0 Å². The molecule has 1 saturated heterocycles. The van der Waals surface area contributed by atoms with Crippen molar-refractivity contribution in [2.24, 2.45) is 5.41 Å². The Morgan fingerprint density at radius 2 is 2.38 bits per heavy atom. The van der Waals surface area contributed by atoms with Crippen LogP contribution in [-0.4, -0.2) is 40.5 Å². The van der Waals surface area contributed by atoms with Crippen molar-refractivity contribution in [3.05, 3.63) is 12.5 Å². The van der Waals surface area contributed by atoms with E-state index in [2.05, 4.69) is 41.0 Å². The van der Waals surface area contributed by atoms with Gasteiger partial charge in [-0.1, -0.05) is 20.8 Å². The Hall–Kier alpha value is -1.03. The quantitative estimate of drug-likeness (QED) is 0.821. The number of aromatic nitrogens is 2. The maximum Gasteiger partial charge on any atom is 0.123 e. The number of nitrogens with one attached hydrogen (secondary N) is 2. The Morgan fingerprint density at radius 3 is 3.00 bits per heavy atom. The van der Waals surface area contributed by atoms with E-state index in [1.54, 1.807) is 6.33 Å². The van der Waals surface area contributed by atoms with Crippen LogP contribution in [0.15, 0.2) is 12.5 Å². The molecule has 1 aromatic heterocycles. The van der Waals surface area contributed by atoms with E-state index in [-0.39, 0.29) is 0 Å². The van der Waals surface area contributed by atoms with Crippen molar-refractivity contribution in [3.8, 4) is 0 Å². The van der Waals surface area contributed by atoms with E-state index in [9.17, 15) is 0 Å². The first-order chi connectivity index (χ1) is 7.53. The van der Waals surface area contributed by atoms with Crippen LogP contribution in [-0.2, 0) is 0 Å². The molecule has 1 unspecified atom stereocenters. The van der Waals surface area contributed by atoms with Gasteiger partial charge in [0.05, 0.1) is 12.5 Å². The Bertz CT molecular complexity index is 312. The minimum atomic E-state index is 0.392. The van der Waals surface area contributed by atoms with Gasteiger partial charge in [0.25, 0.3) is 0 Å². The van der Waals surface area contributed by atoms with Gasteiger partial charge >= 0.3 is 0 Å². The van der Waals surface area contributed by atoms with E-state index in [1.165, 1.54) is 19.5 Å². The van der Waals surface area contributed by atoms with Gasteiger partial charge in [0.1, 0.15) is 5.82 Å². The minimum Gasteiger partial charge on any atom is -0.366 e. The third kappa shape index (κ3) is 3.23. The number of aromatic amines is 1. The fourth-order valence-electron chi connectivity index (χ4n) is 2.32. The van der Waals surface area contributed by atoms with Crippen molar-refractivity contribution in [3.63, 3.8) is 0 Å². The third-order valence-corrected chi connectivity index (χ3v) is 2.83. The molecule has 2 heterocycles. The van der Waals surface area contributed by atoms with E-state index in [0.717, 1.165) is 12.4 Å². The van der Waals surface area contributed by atoms with Crippen molar-refractivity contribution < 1.29 is 0 Å². The van der Waals surface area contributed by atoms with E-state index in [4.69, 9.17) is 0 Å². The molecule has 0 aromatic carbocycles. The molecule has 16 heavy (non-hydrogen) atoms. The molecule has 1 aromatic rings. The Morgan fingerprint density at radius 1 is 1.56 bits per heavy atom. The molecule has 0 amide bonds. The number of rotatable bonds is 3. The largest absolute Gasteiger partial charge is 0.366 e. The number of imidazole rings is 1. The van der Waals surface area contributed by atoms with Crippen molar-refractivity contribution in [1.82, 2.24) is 14.9 Å². The summed E-state index contributed by atoms with van der Waals surface area (Å²) < 4.78 is 0. The van der Waals surface area contributed by atoms with Crippen molar-refractivity contribution in [1.29, 1.82) is 0 Å². The molecule has 0 radical (unpaired) electrons. The summed E-state index contributed by atoms with van der Waals surface area (Å²) in [5.74, 6) is 1.03. The fraction of sp³-hybridized carbons (Fsp3) is 0.750. The predicted molar refractivity (Wildman–Crippen MR) is 66.5 cm³/mol. The topological polar surface area (TPSA) is 44.0 Å². The van der Waals surface area contributed by atoms with Gasteiger partial charge < -0.3 is 15.2 Å². The highest BCUT2D eigenvalue weighted by Crippen LogP contribution is 2.20. The second-order valence-corrected chi connectivity index (χ2v) is 5.89. The maximum atomic E-state index is 4.01. The molecule has 0 aliphatic carbocycles. The summed E-state index contributed by atoms with van der Waals surface area (Å²) in [4.78, 5) is 9.63. The van der Waals surface area contributed by atoms with Gasteiger partial charge in [-0.15, -0.1) is 0 Å². The lowest BCUT2D eigenvalue weighted by Gasteiger charge is -2.26. The average molecular weight is 222 g/mol. The average Bonchev–Trinajstić information content (AvgIpc) is 2.75. The molecule has 0 bridgehead atoms. The highest BCUT2D eigenvalue weighted by atomic mass is 15.2. The van der Waals surface area contributed by atoms with Crippen LogP contribution in [0.2, 0.25) is 0 Å². The number of likely N-dealkylation sites (tertiary alicyclic amines) is 1. The lowest BCUT2D eigenvalue weighted by molar-refractivity contribution is 0.226. The number of nitrogens with zero attached hydrogens (tertiary/aromatic N) is 2. The predicted octanol–water partition coefficient (Wildman–Crippen LogP) is 1.94. The molecule has 1 fully saturated rings. The Kier molecular flexibility index (Phi) is 3.19. The van der Waals surface area contributed by atoms with Crippen LogP contribution in [0.25, 0.3) is 0 Å². The highest BCUT2D eigenvalue weighted by molar-refractivity contribution is 5.32. The Balaban J connectivity index is 1.80. The number of hydrogen-bond acceptors (Lipinski definition) is 3. The summed E-state index contributed by atoms with van der Waals surface area (Å²) in [6, 6.07) is 0.558. The zero-order valence-corrected chi connectivity index (χ0v) is 10.5.